The van der Waals surface area contributed by atoms with Crippen molar-refractivity contribution >= 4 is 0 Å². The smallest absolute Gasteiger partial charge is 0.247 e. The third-order valence-electron chi connectivity index (χ3n) is 3.28. The van der Waals surface area contributed by atoms with E-state index in [-0.39, 0.29) is 6.04 Å². The van der Waals surface area contributed by atoms with E-state index in [0.717, 1.165) is 24.8 Å². The number of benzene rings is 1. The molecule has 1 aliphatic rings. The Morgan fingerprint density at radius 3 is 3.06 bits per heavy atom. The van der Waals surface area contributed by atoms with E-state index >= 15 is 0 Å². The molecule has 2 N–H and O–H groups in total. The summed E-state index contributed by atoms with van der Waals surface area (Å²) in [5, 5.41) is 8.03. The molecular weight excluding hydrogens is 214 g/mol. The van der Waals surface area contributed by atoms with Gasteiger partial charge in [-0.05, 0) is 36.1 Å². The van der Waals surface area contributed by atoms with Crippen molar-refractivity contribution in [2.45, 2.75) is 32.2 Å². The Morgan fingerprint density at radius 2 is 2.29 bits per heavy atom. The molecule has 0 spiro atoms. The molecule has 3 rings (SSSR count). The number of nitrogens with two attached hydrogens (primary N) is 1. The molecule has 0 bridgehead atoms. The quantitative estimate of drug-likeness (QED) is 0.857. The van der Waals surface area contributed by atoms with Crippen LogP contribution in [0.2, 0.25) is 0 Å². The lowest BCUT2D eigenvalue weighted by atomic mass is 10.1. The summed E-state index contributed by atoms with van der Waals surface area (Å²) in [5.41, 5.74) is 9.57. The van der Waals surface area contributed by atoms with Crippen LogP contribution in [0.4, 0.5) is 0 Å². The van der Waals surface area contributed by atoms with Gasteiger partial charge >= 0.3 is 0 Å². The third-order valence-corrected chi connectivity index (χ3v) is 3.28. The van der Waals surface area contributed by atoms with Gasteiger partial charge < -0.3 is 10.2 Å². The SMILES string of the molecule is CCc1nnc(-c2ccc3c(c2)CC[C@H]3N)o1. The Hall–Kier alpha value is -1.68. The molecule has 0 aliphatic heterocycles. The lowest BCUT2D eigenvalue weighted by molar-refractivity contribution is 0.513. The van der Waals surface area contributed by atoms with Gasteiger partial charge in [-0.25, -0.2) is 0 Å². The number of hydrogen-bond acceptors (Lipinski definition) is 4. The summed E-state index contributed by atoms with van der Waals surface area (Å²) in [4.78, 5) is 0. The van der Waals surface area contributed by atoms with Crippen LogP contribution in [-0.2, 0) is 12.8 Å². The van der Waals surface area contributed by atoms with E-state index in [1.807, 2.05) is 13.0 Å². The Kier molecular flexibility index (Phi) is 2.44. The zero-order valence-electron chi connectivity index (χ0n) is 9.81. The van der Waals surface area contributed by atoms with Crippen LogP contribution in [0.1, 0.15) is 36.4 Å². The Bertz CT molecular complexity index is 547. The number of aromatic nitrogens is 2. The number of rotatable bonds is 2. The molecule has 4 heteroatoms. The van der Waals surface area contributed by atoms with Gasteiger partial charge in [-0.1, -0.05) is 13.0 Å². The van der Waals surface area contributed by atoms with Crippen LogP contribution >= 0.6 is 0 Å². The molecule has 4 nitrogen and oxygen atoms in total. The Balaban J connectivity index is 1.99. The summed E-state index contributed by atoms with van der Waals surface area (Å²) in [6.45, 7) is 2.00. The molecule has 1 aromatic carbocycles. The molecular formula is C13H15N3O. The molecule has 88 valence electrons. The third kappa shape index (κ3) is 1.74. The van der Waals surface area contributed by atoms with E-state index in [2.05, 4.69) is 22.3 Å². The highest BCUT2D eigenvalue weighted by molar-refractivity contribution is 5.56. The van der Waals surface area contributed by atoms with Gasteiger partial charge in [0.25, 0.3) is 0 Å². The number of hydrogen-bond donors (Lipinski definition) is 1. The van der Waals surface area contributed by atoms with Gasteiger partial charge in [-0.3, -0.25) is 0 Å². The zero-order valence-corrected chi connectivity index (χ0v) is 9.81. The normalized spacial score (nSPS) is 18.4. The molecule has 0 saturated heterocycles. The molecule has 1 atom stereocenters. The fourth-order valence-corrected chi connectivity index (χ4v) is 2.30. The van der Waals surface area contributed by atoms with Crippen LogP contribution < -0.4 is 5.73 Å². The van der Waals surface area contributed by atoms with Gasteiger partial charge in [-0.2, -0.15) is 0 Å². The maximum absolute atomic E-state index is 6.01. The molecule has 0 saturated carbocycles. The average Bonchev–Trinajstić information content (AvgIpc) is 2.96. The second-order valence-electron chi connectivity index (χ2n) is 4.41. The van der Waals surface area contributed by atoms with Gasteiger partial charge in [0.1, 0.15) is 0 Å². The van der Waals surface area contributed by atoms with Crippen LogP contribution in [0.5, 0.6) is 0 Å². The number of fused-ring (bicyclic) bond motifs is 1. The second kappa shape index (κ2) is 3.96. The first-order chi connectivity index (χ1) is 8.28. The van der Waals surface area contributed by atoms with E-state index in [4.69, 9.17) is 10.2 Å². The minimum absolute atomic E-state index is 0.188. The molecule has 1 aliphatic carbocycles. The highest BCUT2D eigenvalue weighted by Crippen LogP contribution is 2.32. The van der Waals surface area contributed by atoms with Crippen LogP contribution in [-0.4, -0.2) is 10.2 Å². The molecule has 0 radical (unpaired) electrons. The highest BCUT2D eigenvalue weighted by atomic mass is 16.4. The highest BCUT2D eigenvalue weighted by Gasteiger charge is 2.20. The lowest BCUT2D eigenvalue weighted by Gasteiger charge is -2.04. The maximum atomic E-state index is 6.01. The van der Waals surface area contributed by atoms with Gasteiger partial charge in [0, 0.05) is 18.0 Å². The first-order valence-electron chi connectivity index (χ1n) is 5.99. The molecule has 2 aromatic rings. The van der Waals surface area contributed by atoms with Gasteiger partial charge in [0.2, 0.25) is 11.8 Å². The molecule has 0 unspecified atom stereocenters. The summed E-state index contributed by atoms with van der Waals surface area (Å²) in [7, 11) is 0. The number of aryl methyl sites for hydroxylation is 2. The minimum atomic E-state index is 0.188. The minimum Gasteiger partial charge on any atom is -0.421 e. The fourth-order valence-electron chi connectivity index (χ4n) is 2.30. The van der Waals surface area contributed by atoms with Gasteiger partial charge in [0.05, 0.1) is 0 Å². The first-order valence-corrected chi connectivity index (χ1v) is 5.99. The largest absolute Gasteiger partial charge is 0.421 e. The van der Waals surface area contributed by atoms with Crippen LogP contribution in [0.3, 0.4) is 0 Å². The summed E-state index contributed by atoms with van der Waals surface area (Å²) < 4.78 is 5.55. The zero-order chi connectivity index (χ0) is 11.8. The first kappa shape index (κ1) is 10.5. The van der Waals surface area contributed by atoms with E-state index < -0.39 is 0 Å². The fraction of sp³-hybridized carbons (Fsp3) is 0.385. The summed E-state index contributed by atoms with van der Waals surface area (Å²) >= 11 is 0. The van der Waals surface area contributed by atoms with Gasteiger partial charge in [-0.15, -0.1) is 10.2 Å². The van der Waals surface area contributed by atoms with Crippen molar-refractivity contribution in [3.05, 3.63) is 35.2 Å². The van der Waals surface area contributed by atoms with E-state index in [1.54, 1.807) is 0 Å². The summed E-state index contributed by atoms with van der Waals surface area (Å²) in [6, 6.07) is 6.40. The van der Waals surface area contributed by atoms with Crippen LogP contribution in [0.15, 0.2) is 22.6 Å². The summed E-state index contributed by atoms with van der Waals surface area (Å²) in [5.74, 6) is 1.28. The van der Waals surface area contributed by atoms with Crippen molar-refractivity contribution in [2.24, 2.45) is 5.73 Å². The van der Waals surface area contributed by atoms with E-state index in [0.29, 0.717) is 11.8 Å². The summed E-state index contributed by atoms with van der Waals surface area (Å²) in [6.07, 6.45) is 2.84. The number of nitrogens with zero attached hydrogens (tertiary/aromatic N) is 2. The monoisotopic (exact) mass is 229 g/mol. The molecule has 0 fully saturated rings. The molecule has 0 amide bonds. The van der Waals surface area contributed by atoms with Crippen molar-refractivity contribution in [1.82, 2.24) is 10.2 Å². The Morgan fingerprint density at radius 1 is 1.41 bits per heavy atom. The standard InChI is InChI=1S/C13H15N3O/c1-2-12-15-16-13(17-12)9-3-5-10-8(7-9)4-6-11(10)14/h3,5,7,11H,2,4,6,14H2,1H3/t11-/m1/s1. The van der Waals surface area contributed by atoms with Crippen molar-refractivity contribution in [2.75, 3.05) is 0 Å². The maximum Gasteiger partial charge on any atom is 0.247 e. The van der Waals surface area contributed by atoms with Crippen LogP contribution in [0.25, 0.3) is 11.5 Å². The average molecular weight is 229 g/mol. The van der Waals surface area contributed by atoms with Gasteiger partial charge in [0.15, 0.2) is 0 Å². The molecule has 1 heterocycles. The Labute approximate surface area is 99.8 Å². The molecule has 17 heavy (non-hydrogen) atoms. The van der Waals surface area contributed by atoms with Crippen molar-refractivity contribution in [3.63, 3.8) is 0 Å². The topological polar surface area (TPSA) is 64.9 Å². The van der Waals surface area contributed by atoms with E-state index in [1.165, 1.54) is 11.1 Å². The van der Waals surface area contributed by atoms with E-state index in [9.17, 15) is 0 Å². The van der Waals surface area contributed by atoms with Crippen LogP contribution in [0, 0.1) is 0 Å². The predicted molar refractivity (Wildman–Crippen MR) is 64.4 cm³/mol. The van der Waals surface area contributed by atoms with Crippen molar-refractivity contribution < 1.29 is 4.42 Å². The predicted octanol–water partition coefficient (Wildman–Crippen LogP) is 2.25. The molecule has 1 aromatic heterocycles. The lowest BCUT2D eigenvalue weighted by Crippen LogP contribution is -2.04. The van der Waals surface area contributed by atoms with Crippen molar-refractivity contribution in [3.8, 4) is 11.5 Å². The van der Waals surface area contributed by atoms with Crippen molar-refractivity contribution in [1.29, 1.82) is 0 Å². The second-order valence-corrected chi connectivity index (χ2v) is 4.41.